The molecule has 0 bridgehead atoms. The van der Waals surface area contributed by atoms with Crippen LogP contribution in [-0.2, 0) is 0 Å². The number of hydrogen-bond donors (Lipinski definition) is 0. The van der Waals surface area contributed by atoms with Gasteiger partial charge in [-0.25, -0.2) is 0 Å². The van der Waals surface area contributed by atoms with Crippen LogP contribution in [0.2, 0.25) is 5.02 Å². The first-order valence-corrected chi connectivity index (χ1v) is 4.53. The van der Waals surface area contributed by atoms with Gasteiger partial charge in [0.05, 0.1) is 18.7 Å². The molecular weight excluding hydrogens is 188 g/mol. The third-order valence-corrected chi connectivity index (χ3v) is 2.04. The summed E-state index contributed by atoms with van der Waals surface area (Å²) in [5.74, 6) is 1.47. The van der Waals surface area contributed by atoms with E-state index in [9.17, 15) is 0 Å². The molecule has 0 aromatic heterocycles. The van der Waals surface area contributed by atoms with E-state index < -0.39 is 0 Å². The number of halogens is 1. The molecule has 0 fully saturated rings. The zero-order valence-electron chi connectivity index (χ0n) is 8.06. The summed E-state index contributed by atoms with van der Waals surface area (Å²) >= 11 is 5.96. The fourth-order valence-electron chi connectivity index (χ4n) is 1.12. The van der Waals surface area contributed by atoms with Crippen LogP contribution in [0, 0.1) is 6.92 Å². The monoisotopic (exact) mass is 200 g/mol. The van der Waals surface area contributed by atoms with Crippen LogP contribution in [-0.4, -0.2) is 13.7 Å². The summed E-state index contributed by atoms with van der Waals surface area (Å²) in [5.41, 5.74) is 1.01. The van der Waals surface area contributed by atoms with Crippen molar-refractivity contribution in [2.75, 3.05) is 13.7 Å². The van der Waals surface area contributed by atoms with Gasteiger partial charge in [-0.05, 0) is 25.5 Å². The van der Waals surface area contributed by atoms with Crippen molar-refractivity contribution in [1.29, 1.82) is 0 Å². The van der Waals surface area contributed by atoms with Crippen LogP contribution in [0.5, 0.6) is 11.5 Å². The summed E-state index contributed by atoms with van der Waals surface area (Å²) in [6.07, 6.45) is 0. The fourth-order valence-corrected chi connectivity index (χ4v) is 1.39. The normalized spacial score (nSPS) is 9.85. The van der Waals surface area contributed by atoms with Crippen molar-refractivity contribution in [2.45, 2.75) is 13.8 Å². The summed E-state index contributed by atoms with van der Waals surface area (Å²) in [6.45, 7) is 4.47. The van der Waals surface area contributed by atoms with Gasteiger partial charge in [-0.3, -0.25) is 0 Å². The third kappa shape index (κ3) is 2.28. The maximum Gasteiger partial charge on any atom is 0.141 e. The molecule has 2 nitrogen and oxygen atoms in total. The topological polar surface area (TPSA) is 18.5 Å². The zero-order valence-corrected chi connectivity index (χ0v) is 8.81. The standard InChI is InChI=1S/C10H13ClO2/c1-4-13-10-6-9(12-3)7(2)5-8(10)11/h5-6H,4H2,1-3H3. The lowest BCUT2D eigenvalue weighted by Gasteiger charge is -2.10. The summed E-state index contributed by atoms with van der Waals surface area (Å²) in [6, 6.07) is 3.65. The van der Waals surface area contributed by atoms with E-state index in [-0.39, 0.29) is 0 Å². The van der Waals surface area contributed by atoms with Crippen molar-refractivity contribution in [3.8, 4) is 11.5 Å². The molecule has 13 heavy (non-hydrogen) atoms. The second kappa shape index (κ2) is 4.38. The maximum absolute atomic E-state index is 5.96. The van der Waals surface area contributed by atoms with E-state index in [1.54, 1.807) is 13.2 Å². The summed E-state index contributed by atoms with van der Waals surface area (Å²) < 4.78 is 10.5. The lowest BCUT2D eigenvalue weighted by molar-refractivity contribution is 0.336. The molecule has 3 heteroatoms. The van der Waals surface area contributed by atoms with Crippen LogP contribution in [0.15, 0.2) is 12.1 Å². The first-order chi connectivity index (χ1) is 6.19. The van der Waals surface area contributed by atoms with Crippen LogP contribution in [0.4, 0.5) is 0 Å². The van der Waals surface area contributed by atoms with Gasteiger partial charge in [-0.1, -0.05) is 11.6 Å². The molecule has 1 rings (SSSR count). The van der Waals surface area contributed by atoms with Crippen molar-refractivity contribution in [2.24, 2.45) is 0 Å². The number of rotatable bonds is 3. The van der Waals surface area contributed by atoms with E-state index in [0.29, 0.717) is 17.4 Å². The minimum absolute atomic E-state index is 0.603. The molecule has 0 saturated carbocycles. The smallest absolute Gasteiger partial charge is 0.141 e. The molecule has 0 unspecified atom stereocenters. The van der Waals surface area contributed by atoms with Gasteiger partial charge in [0.15, 0.2) is 0 Å². The van der Waals surface area contributed by atoms with Crippen LogP contribution in [0.25, 0.3) is 0 Å². The van der Waals surface area contributed by atoms with E-state index in [0.717, 1.165) is 11.3 Å². The summed E-state index contributed by atoms with van der Waals surface area (Å²) in [5, 5.41) is 0.625. The molecule has 0 aliphatic carbocycles. The van der Waals surface area contributed by atoms with E-state index in [2.05, 4.69) is 0 Å². The van der Waals surface area contributed by atoms with Gasteiger partial charge in [-0.15, -0.1) is 0 Å². The molecule has 0 N–H and O–H groups in total. The number of benzene rings is 1. The first-order valence-electron chi connectivity index (χ1n) is 4.16. The minimum atomic E-state index is 0.603. The molecule has 0 amide bonds. The molecule has 1 aromatic rings. The number of methoxy groups -OCH3 is 1. The lowest BCUT2D eigenvalue weighted by atomic mass is 10.2. The van der Waals surface area contributed by atoms with Crippen LogP contribution in [0.1, 0.15) is 12.5 Å². The van der Waals surface area contributed by atoms with Crippen molar-refractivity contribution < 1.29 is 9.47 Å². The molecule has 0 aliphatic rings. The van der Waals surface area contributed by atoms with Gasteiger partial charge in [0.1, 0.15) is 11.5 Å². The van der Waals surface area contributed by atoms with Gasteiger partial charge in [0, 0.05) is 6.07 Å². The Morgan fingerprint density at radius 2 is 2.00 bits per heavy atom. The SMILES string of the molecule is CCOc1cc(OC)c(C)cc1Cl. The molecule has 0 heterocycles. The van der Waals surface area contributed by atoms with E-state index in [1.807, 2.05) is 19.9 Å². The van der Waals surface area contributed by atoms with Crippen LogP contribution < -0.4 is 9.47 Å². The quantitative estimate of drug-likeness (QED) is 0.747. The lowest BCUT2D eigenvalue weighted by Crippen LogP contribution is -1.94. The Balaban J connectivity index is 3.06. The zero-order chi connectivity index (χ0) is 9.84. The highest BCUT2D eigenvalue weighted by molar-refractivity contribution is 6.32. The van der Waals surface area contributed by atoms with E-state index >= 15 is 0 Å². The number of aryl methyl sites for hydroxylation is 1. The van der Waals surface area contributed by atoms with Gasteiger partial charge in [0.2, 0.25) is 0 Å². The minimum Gasteiger partial charge on any atom is -0.496 e. The highest BCUT2D eigenvalue weighted by Crippen LogP contribution is 2.31. The van der Waals surface area contributed by atoms with Crippen molar-refractivity contribution in [1.82, 2.24) is 0 Å². The summed E-state index contributed by atoms with van der Waals surface area (Å²) in [4.78, 5) is 0. The Morgan fingerprint density at radius 3 is 2.54 bits per heavy atom. The van der Waals surface area contributed by atoms with Gasteiger partial charge >= 0.3 is 0 Å². The van der Waals surface area contributed by atoms with Crippen molar-refractivity contribution >= 4 is 11.6 Å². The maximum atomic E-state index is 5.96. The third-order valence-electron chi connectivity index (χ3n) is 1.75. The summed E-state index contributed by atoms with van der Waals surface area (Å²) in [7, 11) is 1.63. The number of ether oxygens (including phenoxy) is 2. The molecular formula is C10H13ClO2. The Kier molecular flexibility index (Phi) is 3.43. The molecule has 72 valence electrons. The van der Waals surface area contributed by atoms with Gasteiger partial charge in [-0.2, -0.15) is 0 Å². The largest absolute Gasteiger partial charge is 0.496 e. The molecule has 0 radical (unpaired) electrons. The highest BCUT2D eigenvalue weighted by atomic mass is 35.5. The van der Waals surface area contributed by atoms with Gasteiger partial charge in [0.25, 0.3) is 0 Å². The first kappa shape index (κ1) is 10.2. The average molecular weight is 201 g/mol. The van der Waals surface area contributed by atoms with Crippen LogP contribution in [0.3, 0.4) is 0 Å². The predicted molar refractivity (Wildman–Crippen MR) is 53.9 cm³/mol. The Bertz CT molecular complexity index is 297. The molecule has 0 aliphatic heterocycles. The predicted octanol–water partition coefficient (Wildman–Crippen LogP) is 3.06. The second-order valence-electron chi connectivity index (χ2n) is 2.69. The molecule has 1 aromatic carbocycles. The Labute approximate surface area is 83.4 Å². The van der Waals surface area contributed by atoms with Crippen LogP contribution >= 0.6 is 11.6 Å². The highest BCUT2D eigenvalue weighted by Gasteiger charge is 2.06. The second-order valence-corrected chi connectivity index (χ2v) is 3.09. The van der Waals surface area contributed by atoms with E-state index in [4.69, 9.17) is 21.1 Å². The Hall–Kier alpha value is -0.890. The van der Waals surface area contributed by atoms with Crippen molar-refractivity contribution in [3.05, 3.63) is 22.7 Å². The average Bonchev–Trinajstić information content (AvgIpc) is 2.10. The fraction of sp³-hybridized carbons (Fsp3) is 0.400. The van der Waals surface area contributed by atoms with Crippen molar-refractivity contribution in [3.63, 3.8) is 0 Å². The molecule has 0 saturated heterocycles. The number of hydrogen-bond acceptors (Lipinski definition) is 2. The van der Waals surface area contributed by atoms with Gasteiger partial charge < -0.3 is 9.47 Å². The van der Waals surface area contributed by atoms with E-state index in [1.165, 1.54) is 0 Å². The molecule has 0 spiro atoms. The molecule has 0 atom stereocenters. The Morgan fingerprint density at radius 1 is 1.31 bits per heavy atom.